The van der Waals surface area contributed by atoms with Gasteiger partial charge < -0.3 is 14.2 Å². The number of rotatable bonds is 5. The summed E-state index contributed by atoms with van der Waals surface area (Å²) in [6, 6.07) is 5.73. The number of hydrogen-bond donors (Lipinski definition) is 0. The van der Waals surface area contributed by atoms with Crippen LogP contribution in [0.25, 0.3) is 11.4 Å². The minimum Gasteiger partial charge on any atom is -0.491 e. The predicted molar refractivity (Wildman–Crippen MR) is 108 cm³/mol. The number of Topliss-reactive ketones (excluding diaryl/α,β-unsaturated/α-hetero) is 1. The second kappa shape index (κ2) is 7.97. The van der Waals surface area contributed by atoms with E-state index in [1.165, 1.54) is 42.9 Å². The molecule has 0 aliphatic carbocycles. The number of esters is 2. The summed E-state index contributed by atoms with van der Waals surface area (Å²) in [6.45, 7) is 2.63. The van der Waals surface area contributed by atoms with Crippen LogP contribution in [-0.2, 0) is 19.1 Å². The number of carbonyl (C=O) groups is 3. The quantitative estimate of drug-likeness (QED) is 0.316. The molecule has 0 saturated carbocycles. The van der Waals surface area contributed by atoms with Crippen LogP contribution in [0.5, 0.6) is 5.75 Å². The second-order valence-electron chi connectivity index (χ2n) is 7.45. The third-order valence-electron chi connectivity index (χ3n) is 4.71. The van der Waals surface area contributed by atoms with E-state index in [0.29, 0.717) is 5.69 Å². The fourth-order valence-corrected chi connectivity index (χ4v) is 3.21. The van der Waals surface area contributed by atoms with E-state index in [9.17, 15) is 23.6 Å². The molecule has 1 saturated heterocycles. The third-order valence-corrected chi connectivity index (χ3v) is 4.71. The van der Waals surface area contributed by atoms with Gasteiger partial charge in [-0.25, -0.2) is 13.8 Å². The third kappa shape index (κ3) is 3.97. The summed E-state index contributed by atoms with van der Waals surface area (Å²) in [4.78, 5) is 50.2. The van der Waals surface area contributed by atoms with Gasteiger partial charge in [0.25, 0.3) is 11.2 Å². The summed E-state index contributed by atoms with van der Waals surface area (Å²) in [6.07, 6.45) is 4.22. The summed E-state index contributed by atoms with van der Waals surface area (Å²) in [5.41, 5.74) is -1.52. The van der Waals surface area contributed by atoms with Crippen LogP contribution in [0.3, 0.4) is 0 Å². The van der Waals surface area contributed by atoms with E-state index in [2.05, 4.69) is 10.2 Å². The summed E-state index contributed by atoms with van der Waals surface area (Å²) in [5, 5.41) is 7.90. The monoisotopic (exact) mass is 456 g/mol. The van der Waals surface area contributed by atoms with Gasteiger partial charge in [-0.2, -0.15) is 10.2 Å². The second-order valence-corrected chi connectivity index (χ2v) is 7.45. The number of nitrogens with zero attached hydrogens (tertiary/aromatic N) is 4. The molecule has 1 aliphatic rings. The highest BCUT2D eigenvalue weighted by Gasteiger charge is 2.48. The van der Waals surface area contributed by atoms with Gasteiger partial charge in [0.05, 0.1) is 19.0 Å². The van der Waals surface area contributed by atoms with E-state index in [1.807, 2.05) is 0 Å². The van der Waals surface area contributed by atoms with Crippen molar-refractivity contribution in [2.24, 2.45) is 5.92 Å². The van der Waals surface area contributed by atoms with Crippen molar-refractivity contribution < 1.29 is 33.0 Å². The molecule has 0 spiro atoms. The van der Waals surface area contributed by atoms with Gasteiger partial charge >= 0.3 is 11.9 Å². The molecule has 170 valence electrons. The maximum absolute atomic E-state index is 14.9. The summed E-state index contributed by atoms with van der Waals surface area (Å²) in [7, 11) is 1.16. The van der Waals surface area contributed by atoms with E-state index in [0.717, 1.165) is 18.0 Å². The molecule has 3 heterocycles. The fraction of sp³-hybridized carbons (Fsp3) is 0.238. The number of aromatic nitrogens is 4. The number of cyclic esters (lactones) is 2. The number of benzene rings is 1. The topological polar surface area (TPSA) is 132 Å². The molecule has 0 amide bonds. The van der Waals surface area contributed by atoms with Crippen LogP contribution in [0.1, 0.15) is 24.3 Å². The van der Waals surface area contributed by atoms with E-state index in [1.54, 1.807) is 12.3 Å². The first kappa shape index (κ1) is 21.9. The number of ether oxygens (including phenoxy) is 3. The molecule has 1 aromatic carbocycles. The number of carbonyl (C=O) groups excluding carboxylic acids is 3. The van der Waals surface area contributed by atoms with Crippen LogP contribution < -0.4 is 10.2 Å². The van der Waals surface area contributed by atoms with Crippen LogP contribution in [0.15, 0.2) is 47.7 Å². The Bertz CT molecular complexity index is 1310. The van der Waals surface area contributed by atoms with Crippen molar-refractivity contribution in [3.63, 3.8) is 0 Å². The maximum atomic E-state index is 14.9. The van der Waals surface area contributed by atoms with E-state index in [-0.39, 0.29) is 11.4 Å². The largest absolute Gasteiger partial charge is 0.491 e. The lowest BCUT2D eigenvalue weighted by Crippen LogP contribution is -2.50. The molecule has 4 rings (SSSR count). The molecule has 1 fully saturated rings. The number of methoxy groups -OCH3 is 1. The van der Waals surface area contributed by atoms with E-state index < -0.39 is 46.4 Å². The molecule has 11 nitrogen and oxygen atoms in total. The van der Waals surface area contributed by atoms with E-state index in [4.69, 9.17) is 14.2 Å². The average molecular weight is 456 g/mol. The van der Waals surface area contributed by atoms with Crippen molar-refractivity contribution >= 4 is 17.7 Å². The molecule has 0 unspecified atom stereocenters. The first-order chi connectivity index (χ1) is 15.6. The Kier molecular flexibility index (Phi) is 5.28. The molecule has 33 heavy (non-hydrogen) atoms. The average Bonchev–Trinajstić information content (AvgIpc) is 3.27. The Morgan fingerprint density at radius 2 is 1.85 bits per heavy atom. The first-order valence-corrected chi connectivity index (χ1v) is 9.59. The molecule has 12 heteroatoms. The normalized spacial score (nSPS) is 15.6. The van der Waals surface area contributed by atoms with Crippen molar-refractivity contribution in [3.8, 4) is 17.1 Å². The molecular formula is C21H17FN4O7. The van der Waals surface area contributed by atoms with Gasteiger partial charge in [-0.05, 0) is 18.2 Å². The van der Waals surface area contributed by atoms with E-state index >= 15 is 0 Å². The smallest absolute Gasteiger partial charge is 0.331 e. The minimum absolute atomic E-state index is 0.131. The molecule has 0 N–H and O–H groups in total. The zero-order valence-electron chi connectivity index (χ0n) is 17.6. The predicted octanol–water partition coefficient (Wildman–Crippen LogP) is 1.20. The lowest BCUT2D eigenvalue weighted by atomic mass is 10.00. The van der Waals surface area contributed by atoms with Gasteiger partial charge in [0, 0.05) is 32.3 Å². The summed E-state index contributed by atoms with van der Waals surface area (Å²) < 4.78 is 32.1. The van der Waals surface area contributed by atoms with Gasteiger partial charge in [-0.3, -0.25) is 19.2 Å². The lowest BCUT2D eigenvalue weighted by Gasteiger charge is -2.32. The first-order valence-electron chi connectivity index (χ1n) is 9.59. The van der Waals surface area contributed by atoms with Gasteiger partial charge in [0.1, 0.15) is 5.69 Å². The number of halogens is 1. The minimum atomic E-state index is -2.05. The highest BCUT2D eigenvalue weighted by Crippen LogP contribution is 2.25. The Hall–Kier alpha value is -4.35. The SMILES string of the molecule is COc1cn(-c2ccc(-n3cccn3)cc2F)nc(C(=O)C2C(=O)OC(C)(C)OC2=O)c1=O. The van der Waals surface area contributed by atoms with Gasteiger partial charge in [0.2, 0.25) is 11.7 Å². The molecule has 0 atom stereocenters. The molecule has 2 aromatic heterocycles. The fourth-order valence-electron chi connectivity index (χ4n) is 3.21. The highest BCUT2D eigenvalue weighted by molar-refractivity contribution is 6.20. The zero-order chi connectivity index (χ0) is 23.9. The van der Waals surface area contributed by atoms with Crippen molar-refractivity contribution in [1.82, 2.24) is 19.6 Å². The number of ketones is 1. The summed E-state index contributed by atoms with van der Waals surface area (Å²) in [5.74, 6) is -8.36. The lowest BCUT2D eigenvalue weighted by molar-refractivity contribution is -0.236. The molecule has 0 radical (unpaired) electrons. The van der Waals surface area contributed by atoms with Crippen molar-refractivity contribution in [2.75, 3.05) is 7.11 Å². The standard InChI is InChI=1S/C21H17FN4O7/c1-21(2)32-19(29)15(20(30)33-21)18(28)16-17(27)14(31-3)10-26(24-16)13-6-5-11(9-12(13)22)25-8-4-7-23-25/h4-10,15H,1-3H3. The Labute approximate surface area is 185 Å². The Morgan fingerprint density at radius 3 is 2.42 bits per heavy atom. The molecular weight excluding hydrogens is 439 g/mol. The molecule has 3 aromatic rings. The van der Waals surface area contributed by atoms with Crippen molar-refractivity contribution in [1.29, 1.82) is 0 Å². The Morgan fingerprint density at radius 1 is 1.15 bits per heavy atom. The molecule has 0 bridgehead atoms. The summed E-state index contributed by atoms with van der Waals surface area (Å²) >= 11 is 0. The van der Waals surface area contributed by atoms with Crippen molar-refractivity contribution in [2.45, 2.75) is 19.6 Å². The zero-order valence-corrected chi connectivity index (χ0v) is 17.6. The van der Waals surface area contributed by atoms with Gasteiger partial charge in [-0.1, -0.05) is 0 Å². The van der Waals surface area contributed by atoms with Gasteiger partial charge in [-0.15, -0.1) is 0 Å². The van der Waals surface area contributed by atoms with Crippen LogP contribution in [0.2, 0.25) is 0 Å². The highest BCUT2D eigenvalue weighted by atomic mass is 19.1. The van der Waals surface area contributed by atoms with Crippen LogP contribution in [0.4, 0.5) is 4.39 Å². The van der Waals surface area contributed by atoms with Crippen LogP contribution in [0, 0.1) is 11.7 Å². The van der Waals surface area contributed by atoms with Gasteiger partial charge in [0.15, 0.2) is 17.3 Å². The van der Waals surface area contributed by atoms with Crippen molar-refractivity contribution in [3.05, 3.63) is 64.6 Å². The maximum Gasteiger partial charge on any atom is 0.331 e. The molecule has 1 aliphatic heterocycles. The Balaban J connectivity index is 1.78. The number of hydrogen-bond acceptors (Lipinski definition) is 9. The van der Waals surface area contributed by atoms with Crippen LogP contribution in [-0.4, -0.2) is 50.2 Å². The van der Waals surface area contributed by atoms with Crippen LogP contribution >= 0.6 is 0 Å².